The first-order valence-electron chi connectivity index (χ1n) is 5.46. The topological polar surface area (TPSA) is 20.5 Å². The summed E-state index contributed by atoms with van der Waals surface area (Å²) < 4.78 is 1.97. The van der Waals surface area contributed by atoms with Crippen LogP contribution in [0.5, 0.6) is 0 Å². The number of hydrogen-bond donors (Lipinski definition) is 0. The van der Waals surface area contributed by atoms with E-state index in [2.05, 4.69) is 35.2 Å². The van der Waals surface area contributed by atoms with Crippen molar-refractivity contribution in [3.63, 3.8) is 0 Å². The lowest BCUT2D eigenvalue weighted by atomic mass is 10.1. The van der Waals surface area contributed by atoms with E-state index in [1.807, 2.05) is 16.8 Å². The maximum atomic E-state index is 4.62. The lowest BCUT2D eigenvalue weighted by Crippen LogP contribution is -2.13. The molecular formula is C12H15N3. The second-order valence-corrected chi connectivity index (χ2v) is 4.39. The van der Waals surface area contributed by atoms with Gasteiger partial charge in [-0.15, -0.1) is 0 Å². The molecular weight excluding hydrogens is 186 g/mol. The quantitative estimate of drug-likeness (QED) is 0.700. The third-order valence-corrected chi connectivity index (χ3v) is 3.20. The van der Waals surface area contributed by atoms with E-state index in [0.717, 1.165) is 6.54 Å². The molecule has 0 N–H and O–H groups in total. The SMILES string of the molecule is CN1CCC(c2cc3ccccn3n2)C1. The minimum Gasteiger partial charge on any atom is -0.306 e. The first-order valence-corrected chi connectivity index (χ1v) is 5.46. The van der Waals surface area contributed by atoms with E-state index < -0.39 is 0 Å². The van der Waals surface area contributed by atoms with Crippen LogP contribution in [0.3, 0.4) is 0 Å². The van der Waals surface area contributed by atoms with Gasteiger partial charge in [0.05, 0.1) is 11.2 Å². The Hall–Kier alpha value is -1.35. The molecule has 0 radical (unpaired) electrons. The zero-order chi connectivity index (χ0) is 10.3. The largest absolute Gasteiger partial charge is 0.306 e. The van der Waals surface area contributed by atoms with E-state index in [9.17, 15) is 0 Å². The third-order valence-electron chi connectivity index (χ3n) is 3.20. The number of nitrogens with zero attached hydrogens (tertiary/aromatic N) is 3. The molecule has 3 nitrogen and oxygen atoms in total. The molecule has 3 heterocycles. The highest BCUT2D eigenvalue weighted by Gasteiger charge is 2.23. The molecule has 1 aliphatic rings. The number of rotatable bonds is 1. The fourth-order valence-corrected chi connectivity index (χ4v) is 2.33. The van der Waals surface area contributed by atoms with Gasteiger partial charge in [0.2, 0.25) is 0 Å². The van der Waals surface area contributed by atoms with Crippen LogP contribution in [-0.4, -0.2) is 34.7 Å². The number of pyridine rings is 1. The molecule has 78 valence electrons. The number of likely N-dealkylation sites (tertiary alicyclic amines) is 1. The Labute approximate surface area is 89.3 Å². The summed E-state index contributed by atoms with van der Waals surface area (Å²) in [4.78, 5) is 2.37. The van der Waals surface area contributed by atoms with Crippen LogP contribution in [0.1, 0.15) is 18.0 Å². The van der Waals surface area contributed by atoms with Gasteiger partial charge >= 0.3 is 0 Å². The minimum absolute atomic E-state index is 0.620. The van der Waals surface area contributed by atoms with Crippen molar-refractivity contribution in [3.8, 4) is 0 Å². The van der Waals surface area contributed by atoms with Gasteiger partial charge in [0.1, 0.15) is 0 Å². The number of fused-ring (bicyclic) bond motifs is 1. The van der Waals surface area contributed by atoms with Gasteiger partial charge in [-0.1, -0.05) is 6.07 Å². The van der Waals surface area contributed by atoms with E-state index in [-0.39, 0.29) is 0 Å². The van der Waals surface area contributed by atoms with Crippen molar-refractivity contribution < 1.29 is 0 Å². The van der Waals surface area contributed by atoms with Gasteiger partial charge < -0.3 is 4.90 Å². The van der Waals surface area contributed by atoms with Gasteiger partial charge in [0.25, 0.3) is 0 Å². The molecule has 1 fully saturated rings. The van der Waals surface area contributed by atoms with Crippen LogP contribution in [0.2, 0.25) is 0 Å². The molecule has 0 aromatic carbocycles. The van der Waals surface area contributed by atoms with Gasteiger partial charge in [-0.2, -0.15) is 5.10 Å². The Balaban J connectivity index is 1.98. The molecule has 0 amide bonds. The molecule has 0 bridgehead atoms. The van der Waals surface area contributed by atoms with E-state index in [4.69, 9.17) is 0 Å². The normalized spacial score (nSPS) is 22.6. The van der Waals surface area contributed by atoms with Crippen molar-refractivity contribution >= 4 is 5.52 Å². The molecule has 3 heteroatoms. The Kier molecular flexibility index (Phi) is 1.99. The first-order chi connectivity index (χ1) is 7.33. The van der Waals surface area contributed by atoms with Gasteiger partial charge in [0.15, 0.2) is 0 Å². The van der Waals surface area contributed by atoms with Crippen molar-refractivity contribution in [2.75, 3.05) is 20.1 Å². The standard InChI is InChI=1S/C12H15N3/c1-14-7-5-10(9-14)12-8-11-4-2-3-6-15(11)13-12/h2-4,6,8,10H,5,7,9H2,1H3. The Bertz CT molecular complexity index is 441. The van der Waals surface area contributed by atoms with Crippen molar-refractivity contribution in [1.29, 1.82) is 0 Å². The zero-order valence-corrected chi connectivity index (χ0v) is 8.93. The Morgan fingerprint density at radius 2 is 2.33 bits per heavy atom. The van der Waals surface area contributed by atoms with Gasteiger partial charge in [-0.3, -0.25) is 0 Å². The summed E-state index contributed by atoms with van der Waals surface area (Å²) in [6, 6.07) is 8.39. The summed E-state index contributed by atoms with van der Waals surface area (Å²) in [6.45, 7) is 2.34. The molecule has 1 aliphatic heterocycles. The molecule has 2 aromatic heterocycles. The van der Waals surface area contributed by atoms with Gasteiger partial charge in [-0.25, -0.2) is 4.52 Å². The van der Waals surface area contributed by atoms with Gasteiger partial charge in [-0.05, 0) is 38.2 Å². The van der Waals surface area contributed by atoms with Crippen molar-refractivity contribution in [3.05, 3.63) is 36.2 Å². The van der Waals surface area contributed by atoms with Crippen LogP contribution in [0, 0.1) is 0 Å². The molecule has 1 atom stereocenters. The summed E-state index contributed by atoms with van der Waals surface area (Å²) in [5, 5.41) is 4.62. The second kappa shape index (κ2) is 3.35. The zero-order valence-electron chi connectivity index (χ0n) is 8.93. The predicted molar refractivity (Wildman–Crippen MR) is 60.0 cm³/mol. The monoisotopic (exact) mass is 201 g/mol. The summed E-state index contributed by atoms with van der Waals surface area (Å²) in [5.74, 6) is 0.620. The smallest absolute Gasteiger partial charge is 0.0679 e. The third kappa shape index (κ3) is 1.53. The highest BCUT2D eigenvalue weighted by Crippen LogP contribution is 2.25. The molecule has 3 rings (SSSR count). The minimum atomic E-state index is 0.620. The fourth-order valence-electron chi connectivity index (χ4n) is 2.33. The molecule has 1 unspecified atom stereocenters. The van der Waals surface area contributed by atoms with Crippen LogP contribution in [0.25, 0.3) is 5.52 Å². The molecule has 15 heavy (non-hydrogen) atoms. The van der Waals surface area contributed by atoms with E-state index in [1.165, 1.54) is 24.2 Å². The van der Waals surface area contributed by atoms with E-state index in [1.54, 1.807) is 0 Å². The average Bonchev–Trinajstić information content (AvgIpc) is 2.82. The summed E-state index contributed by atoms with van der Waals surface area (Å²) in [7, 11) is 2.18. The average molecular weight is 201 g/mol. The van der Waals surface area contributed by atoms with E-state index >= 15 is 0 Å². The summed E-state index contributed by atoms with van der Waals surface area (Å²) in [5.41, 5.74) is 2.44. The maximum absolute atomic E-state index is 4.62. The van der Waals surface area contributed by atoms with Crippen LogP contribution in [-0.2, 0) is 0 Å². The lowest BCUT2D eigenvalue weighted by Gasteiger charge is -2.06. The second-order valence-electron chi connectivity index (χ2n) is 4.39. The van der Waals surface area contributed by atoms with Crippen LogP contribution in [0.15, 0.2) is 30.5 Å². The number of likely N-dealkylation sites (N-methyl/N-ethyl adjacent to an activating group) is 1. The molecule has 2 aromatic rings. The van der Waals surface area contributed by atoms with Gasteiger partial charge in [0, 0.05) is 18.7 Å². The predicted octanol–water partition coefficient (Wildman–Crippen LogP) is 1.75. The highest BCUT2D eigenvalue weighted by molar-refractivity contribution is 5.47. The van der Waals surface area contributed by atoms with Crippen LogP contribution in [0.4, 0.5) is 0 Å². The molecule has 1 saturated heterocycles. The maximum Gasteiger partial charge on any atom is 0.0679 e. The summed E-state index contributed by atoms with van der Waals surface area (Å²) >= 11 is 0. The van der Waals surface area contributed by atoms with Crippen LogP contribution < -0.4 is 0 Å². The number of aromatic nitrogens is 2. The summed E-state index contributed by atoms with van der Waals surface area (Å²) in [6.07, 6.45) is 3.25. The molecule has 0 spiro atoms. The highest BCUT2D eigenvalue weighted by atomic mass is 15.2. The molecule has 0 saturated carbocycles. The first kappa shape index (κ1) is 8.92. The van der Waals surface area contributed by atoms with Crippen LogP contribution >= 0.6 is 0 Å². The fraction of sp³-hybridized carbons (Fsp3) is 0.417. The van der Waals surface area contributed by atoms with Crippen molar-refractivity contribution in [2.45, 2.75) is 12.3 Å². The van der Waals surface area contributed by atoms with Crippen molar-refractivity contribution in [2.24, 2.45) is 0 Å². The Morgan fingerprint density at radius 1 is 1.40 bits per heavy atom. The Morgan fingerprint density at radius 3 is 3.07 bits per heavy atom. The number of hydrogen-bond acceptors (Lipinski definition) is 2. The van der Waals surface area contributed by atoms with E-state index in [0.29, 0.717) is 5.92 Å². The molecule has 0 aliphatic carbocycles. The van der Waals surface area contributed by atoms with Crippen molar-refractivity contribution in [1.82, 2.24) is 14.5 Å². The lowest BCUT2D eigenvalue weighted by molar-refractivity contribution is 0.410.